The van der Waals surface area contributed by atoms with Gasteiger partial charge < -0.3 is 4.98 Å². The lowest BCUT2D eigenvalue weighted by Crippen LogP contribution is -2.07. The van der Waals surface area contributed by atoms with Crippen LogP contribution in [0, 0.1) is 0 Å². The summed E-state index contributed by atoms with van der Waals surface area (Å²) in [6.45, 7) is 1.57. The van der Waals surface area contributed by atoms with Crippen LogP contribution >= 0.6 is 0 Å². The van der Waals surface area contributed by atoms with Crippen molar-refractivity contribution in [2.45, 2.75) is 11.9 Å². The first-order valence-corrected chi connectivity index (χ1v) is 5.67. The molecule has 74 valence electrons. The summed E-state index contributed by atoms with van der Waals surface area (Å²) < 4.78 is 23.1. The summed E-state index contributed by atoms with van der Waals surface area (Å²) in [5.41, 5.74) is 0.737. The molecule has 0 atom stereocenters. The van der Waals surface area contributed by atoms with E-state index in [1.165, 1.54) is 12.7 Å². The van der Waals surface area contributed by atoms with Crippen molar-refractivity contribution >= 4 is 21.0 Å². The van der Waals surface area contributed by atoms with Crippen LogP contribution in [0.15, 0.2) is 17.7 Å². The SMILES string of the molecule is CCS(=O)(=O)c1ncnc2nc[nH]c12. The molecule has 2 aromatic heterocycles. The maximum Gasteiger partial charge on any atom is 0.197 e. The van der Waals surface area contributed by atoms with E-state index in [1.807, 2.05) is 0 Å². The summed E-state index contributed by atoms with van der Waals surface area (Å²) in [4.78, 5) is 14.2. The predicted octanol–water partition coefficient (Wildman–Crippen LogP) is 0.147. The van der Waals surface area contributed by atoms with Gasteiger partial charge in [-0.3, -0.25) is 0 Å². The Hall–Kier alpha value is -1.50. The largest absolute Gasteiger partial charge is 0.341 e. The number of rotatable bonds is 2. The molecule has 0 aliphatic rings. The van der Waals surface area contributed by atoms with E-state index in [-0.39, 0.29) is 10.8 Å². The number of aromatic amines is 1. The third kappa shape index (κ3) is 1.25. The summed E-state index contributed by atoms with van der Waals surface area (Å²) >= 11 is 0. The topological polar surface area (TPSA) is 88.6 Å². The summed E-state index contributed by atoms with van der Waals surface area (Å²) in [6, 6.07) is 0. The molecule has 7 heteroatoms. The fourth-order valence-corrected chi connectivity index (χ4v) is 2.06. The van der Waals surface area contributed by atoms with Gasteiger partial charge in [0.2, 0.25) is 0 Å². The van der Waals surface area contributed by atoms with Crippen LogP contribution in [0.3, 0.4) is 0 Å². The lowest BCUT2D eigenvalue weighted by atomic mass is 10.6. The van der Waals surface area contributed by atoms with Gasteiger partial charge in [-0.15, -0.1) is 0 Å². The Morgan fingerprint density at radius 1 is 1.36 bits per heavy atom. The third-order valence-electron chi connectivity index (χ3n) is 1.86. The van der Waals surface area contributed by atoms with Crippen LogP contribution in [-0.2, 0) is 9.84 Å². The molecular weight excluding hydrogens is 204 g/mol. The molecule has 14 heavy (non-hydrogen) atoms. The lowest BCUT2D eigenvalue weighted by molar-refractivity contribution is 0.594. The molecule has 0 unspecified atom stereocenters. The number of nitrogens with one attached hydrogen (secondary N) is 1. The lowest BCUT2D eigenvalue weighted by Gasteiger charge is -1.99. The van der Waals surface area contributed by atoms with Gasteiger partial charge in [-0.2, -0.15) is 0 Å². The summed E-state index contributed by atoms with van der Waals surface area (Å²) in [7, 11) is -3.32. The smallest absolute Gasteiger partial charge is 0.197 e. The minimum absolute atomic E-state index is 0.0120. The van der Waals surface area contributed by atoms with Gasteiger partial charge >= 0.3 is 0 Å². The van der Waals surface area contributed by atoms with Gasteiger partial charge in [-0.05, 0) is 0 Å². The monoisotopic (exact) mass is 212 g/mol. The molecule has 1 N–H and O–H groups in total. The van der Waals surface area contributed by atoms with E-state index in [2.05, 4.69) is 19.9 Å². The van der Waals surface area contributed by atoms with Gasteiger partial charge in [-0.25, -0.2) is 23.4 Å². The highest BCUT2D eigenvalue weighted by molar-refractivity contribution is 7.91. The molecule has 2 heterocycles. The minimum Gasteiger partial charge on any atom is -0.341 e. The summed E-state index contributed by atoms with van der Waals surface area (Å²) in [6.07, 6.45) is 2.60. The zero-order chi connectivity index (χ0) is 10.2. The van der Waals surface area contributed by atoms with E-state index >= 15 is 0 Å². The fourth-order valence-electron chi connectivity index (χ4n) is 1.12. The van der Waals surface area contributed by atoms with Crippen molar-refractivity contribution in [1.29, 1.82) is 0 Å². The normalized spacial score (nSPS) is 12.1. The van der Waals surface area contributed by atoms with Crippen molar-refractivity contribution < 1.29 is 8.42 Å². The second-order valence-electron chi connectivity index (χ2n) is 2.68. The molecule has 0 radical (unpaired) electrons. The Bertz CT molecular complexity index is 560. The standard InChI is InChI=1S/C7H8N4O2S/c1-2-14(12,13)7-5-6(9-3-8-5)10-4-11-7/h3-4H,2H2,1H3,(H,8,9,10,11). The number of aromatic nitrogens is 4. The van der Waals surface area contributed by atoms with Gasteiger partial charge in [0.15, 0.2) is 20.5 Å². The highest BCUT2D eigenvalue weighted by atomic mass is 32.2. The van der Waals surface area contributed by atoms with Crippen LogP contribution in [0.4, 0.5) is 0 Å². The second kappa shape index (κ2) is 3.02. The predicted molar refractivity (Wildman–Crippen MR) is 49.4 cm³/mol. The fraction of sp³-hybridized carbons (Fsp3) is 0.286. The Balaban J connectivity index is 2.81. The van der Waals surface area contributed by atoms with Crippen molar-refractivity contribution in [3.63, 3.8) is 0 Å². The number of sulfone groups is 1. The highest BCUT2D eigenvalue weighted by Gasteiger charge is 2.18. The average Bonchev–Trinajstić information content (AvgIpc) is 2.64. The number of nitrogens with zero attached hydrogens (tertiary/aromatic N) is 3. The molecule has 0 aliphatic carbocycles. The molecular formula is C7H8N4O2S. The molecule has 0 fully saturated rings. The van der Waals surface area contributed by atoms with Gasteiger partial charge in [0.05, 0.1) is 12.1 Å². The van der Waals surface area contributed by atoms with Crippen LogP contribution in [0.5, 0.6) is 0 Å². The molecule has 2 rings (SSSR count). The van der Waals surface area contributed by atoms with Crippen LogP contribution in [0.25, 0.3) is 11.2 Å². The number of fused-ring (bicyclic) bond motifs is 1. The first-order chi connectivity index (χ1) is 6.65. The van der Waals surface area contributed by atoms with Crippen LogP contribution in [-0.4, -0.2) is 34.1 Å². The number of hydrogen-bond donors (Lipinski definition) is 1. The van der Waals surface area contributed by atoms with E-state index in [4.69, 9.17) is 0 Å². The molecule has 0 saturated heterocycles. The molecule has 2 aromatic rings. The first-order valence-electron chi connectivity index (χ1n) is 4.02. The Labute approximate surface area is 80.3 Å². The van der Waals surface area contributed by atoms with E-state index in [9.17, 15) is 8.42 Å². The average molecular weight is 212 g/mol. The minimum atomic E-state index is -3.32. The number of hydrogen-bond acceptors (Lipinski definition) is 5. The first kappa shape index (κ1) is 9.07. The van der Waals surface area contributed by atoms with Gasteiger partial charge in [0.1, 0.15) is 11.8 Å². The van der Waals surface area contributed by atoms with E-state index < -0.39 is 9.84 Å². The summed E-state index contributed by atoms with van der Waals surface area (Å²) in [5.74, 6) is 0.0120. The molecule has 0 bridgehead atoms. The Morgan fingerprint density at radius 3 is 2.86 bits per heavy atom. The molecule has 0 spiro atoms. The van der Waals surface area contributed by atoms with Gasteiger partial charge in [-0.1, -0.05) is 6.92 Å². The van der Waals surface area contributed by atoms with Crippen molar-refractivity contribution in [1.82, 2.24) is 19.9 Å². The van der Waals surface area contributed by atoms with Crippen molar-refractivity contribution in [3.8, 4) is 0 Å². The number of H-pyrrole nitrogens is 1. The quantitative estimate of drug-likeness (QED) is 0.715. The molecule has 6 nitrogen and oxygen atoms in total. The zero-order valence-corrected chi connectivity index (χ0v) is 8.24. The molecule has 0 saturated carbocycles. The third-order valence-corrected chi connectivity index (χ3v) is 3.52. The summed E-state index contributed by atoms with van der Waals surface area (Å²) in [5, 5.41) is 0.0162. The zero-order valence-electron chi connectivity index (χ0n) is 7.43. The van der Waals surface area contributed by atoms with Crippen LogP contribution in [0.2, 0.25) is 0 Å². The van der Waals surface area contributed by atoms with Crippen LogP contribution < -0.4 is 0 Å². The maximum atomic E-state index is 11.6. The maximum absolute atomic E-state index is 11.6. The molecule has 0 aromatic carbocycles. The Morgan fingerprint density at radius 2 is 2.14 bits per heavy atom. The second-order valence-corrected chi connectivity index (χ2v) is 4.88. The van der Waals surface area contributed by atoms with Gasteiger partial charge in [0.25, 0.3) is 0 Å². The van der Waals surface area contributed by atoms with Crippen molar-refractivity contribution in [2.75, 3.05) is 5.75 Å². The molecule has 0 amide bonds. The van der Waals surface area contributed by atoms with Crippen molar-refractivity contribution in [2.24, 2.45) is 0 Å². The van der Waals surface area contributed by atoms with E-state index in [0.717, 1.165) is 0 Å². The van der Waals surface area contributed by atoms with E-state index in [0.29, 0.717) is 11.2 Å². The highest BCUT2D eigenvalue weighted by Crippen LogP contribution is 2.15. The number of imidazole rings is 1. The van der Waals surface area contributed by atoms with Gasteiger partial charge in [0, 0.05) is 0 Å². The van der Waals surface area contributed by atoms with Crippen LogP contribution in [0.1, 0.15) is 6.92 Å². The van der Waals surface area contributed by atoms with Crippen molar-refractivity contribution in [3.05, 3.63) is 12.7 Å². The van der Waals surface area contributed by atoms with E-state index in [1.54, 1.807) is 6.92 Å². The molecule has 0 aliphatic heterocycles. The Kier molecular flexibility index (Phi) is 1.95.